The Kier molecular flexibility index (Phi) is 4.46. The molecule has 0 N–H and O–H groups in total. The van der Waals surface area contributed by atoms with Crippen molar-refractivity contribution >= 4 is 31.1 Å². The third-order valence-electron chi connectivity index (χ3n) is 2.61. The van der Waals surface area contributed by atoms with Crippen LogP contribution in [0.15, 0.2) is 56.0 Å². The van der Waals surface area contributed by atoms with Crippen molar-refractivity contribution in [3.63, 3.8) is 0 Å². The molecule has 0 saturated carbocycles. The number of aryl methyl sites for hydroxylation is 2. The van der Waals surface area contributed by atoms with E-state index in [0.29, 0.717) is 0 Å². The number of benzene rings is 2. The molecule has 0 bridgehead atoms. The van der Waals surface area contributed by atoms with Crippen LogP contribution in [0.4, 0.5) is 0 Å². The highest BCUT2D eigenvalue weighted by Crippen LogP contribution is 2.23. The predicted molar refractivity (Wildman–Crippen MR) is 84.7 cm³/mol. The minimum absolute atomic E-state index is 0.270. The maximum Gasteiger partial charge on any atom is 0.286 e. The fourth-order valence-corrected chi connectivity index (χ4v) is 5.23. The van der Waals surface area contributed by atoms with Crippen LogP contribution >= 0.6 is 21.0 Å². The SMILES string of the molecule is Cc1ccc(S(=O)(=O)N=Ic2ccccc2C)cc1. The van der Waals surface area contributed by atoms with Crippen LogP contribution in [0.2, 0.25) is 0 Å². The number of halogens is 1. The Hall–Kier alpha value is -1.08. The van der Waals surface area contributed by atoms with Crippen LogP contribution in [0, 0.1) is 17.4 Å². The van der Waals surface area contributed by atoms with Gasteiger partial charge in [-0.15, -0.1) is 2.55 Å². The first-order valence-corrected chi connectivity index (χ1v) is 9.21. The van der Waals surface area contributed by atoms with E-state index in [4.69, 9.17) is 0 Å². The van der Waals surface area contributed by atoms with E-state index in [1.165, 1.54) is 0 Å². The molecule has 0 saturated heterocycles. The summed E-state index contributed by atoms with van der Waals surface area (Å²) in [6, 6.07) is 14.6. The van der Waals surface area contributed by atoms with E-state index in [1.54, 1.807) is 24.3 Å². The highest BCUT2D eigenvalue weighted by Gasteiger charge is 2.11. The van der Waals surface area contributed by atoms with Crippen molar-refractivity contribution in [1.29, 1.82) is 0 Å². The first kappa shape index (κ1) is 14.3. The summed E-state index contributed by atoms with van der Waals surface area (Å²) in [7, 11) is -3.52. The molecule has 0 unspecified atom stereocenters. The van der Waals surface area contributed by atoms with Crippen molar-refractivity contribution in [3.05, 3.63) is 63.2 Å². The van der Waals surface area contributed by atoms with Crippen LogP contribution in [0.1, 0.15) is 11.1 Å². The van der Waals surface area contributed by atoms with E-state index in [-0.39, 0.29) is 4.90 Å². The highest BCUT2D eigenvalue weighted by molar-refractivity contribution is 14.2. The van der Waals surface area contributed by atoms with E-state index < -0.39 is 31.1 Å². The Labute approximate surface area is 123 Å². The molecule has 100 valence electrons. The van der Waals surface area contributed by atoms with Crippen molar-refractivity contribution in [2.45, 2.75) is 18.7 Å². The predicted octanol–water partition coefficient (Wildman–Crippen LogP) is 4.02. The number of hydrogen-bond acceptors (Lipinski definition) is 2. The largest absolute Gasteiger partial charge is 0.286 e. The fraction of sp³-hybridized carbons (Fsp3) is 0.143. The number of sulfonamides is 1. The van der Waals surface area contributed by atoms with Gasteiger partial charge in [-0.1, -0.05) is 35.9 Å². The van der Waals surface area contributed by atoms with Gasteiger partial charge in [0, 0.05) is 24.6 Å². The molecule has 2 rings (SSSR count). The van der Waals surface area contributed by atoms with Crippen molar-refractivity contribution in [1.82, 2.24) is 0 Å². The minimum atomic E-state index is -3.52. The molecule has 0 spiro atoms. The molecule has 0 radical (unpaired) electrons. The van der Waals surface area contributed by atoms with E-state index >= 15 is 0 Å². The number of hydrogen-bond donors (Lipinski definition) is 0. The summed E-state index contributed by atoms with van der Waals surface area (Å²) < 4.78 is 29.2. The molecule has 2 aromatic carbocycles. The molecule has 0 amide bonds. The number of rotatable bonds is 3. The fourth-order valence-electron chi connectivity index (χ4n) is 1.48. The van der Waals surface area contributed by atoms with Gasteiger partial charge in [0.05, 0.1) is 4.90 Å². The van der Waals surface area contributed by atoms with Crippen molar-refractivity contribution in [3.8, 4) is 0 Å². The van der Waals surface area contributed by atoms with Gasteiger partial charge in [0.1, 0.15) is 0 Å². The second-order valence-corrected chi connectivity index (χ2v) is 8.58. The van der Waals surface area contributed by atoms with Crippen molar-refractivity contribution in [2.75, 3.05) is 0 Å². The third kappa shape index (κ3) is 3.70. The Balaban J connectivity index is 2.32. The van der Waals surface area contributed by atoms with Crippen LogP contribution in [-0.2, 0) is 10.0 Å². The molecule has 0 aliphatic carbocycles. The molecular weight excluding hydrogens is 373 g/mol. The Bertz CT molecular complexity index is 706. The second kappa shape index (κ2) is 5.92. The van der Waals surface area contributed by atoms with E-state index in [2.05, 4.69) is 2.55 Å². The lowest BCUT2D eigenvalue weighted by atomic mass is 10.2. The van der Waals surface area contributed by atoms with Gasteiger partial charge in [-0.05, 0) is 37.6 Å². The van der Waals surface area contributed by atoms with E-state index in [9.17, 15) is 8.42 Å². The second-order valence-electron chi connectivity index (χ2n) is 4.19. The summed E-state index contributed by atoms with van der Waals surface area (Å²) in [5.74, 6) is 0. The summed E-state index contributed by atoms with van der Waals surface area (Å²) in [5.41, 5.74) is 2.13. The highest BCUT2D eigenvalue weighted by atomic mass is 127. The monoisotopic (exact) mass is 387 g/mol. The summed E-state index contributed by atoms with van der Waals surface area (Å²) in [5, 5.41) is 0. The molecule has 2 aromatic rings. The summed E-state index contributed by atoms with van der Waals surface area (Å²) in [6.07, 6.45) is 0. The van der Waals surface area contributed by atoms with E-state index in [1.807, 2.05) is 38.1 Å². The lowest BCUT2D eigenvalue weighted by molar-refractivity contribution is 0.599. The van der Waals surface area contributed by atoms with E-state index in [0.717, 1.165) is 14.7 Å². The quantitative estimate of drug-likeness (QED) is 0.747. The summed E-state index contributed by atoms with van der Waals surface area (Å²) in [6.45, 7) is 3.90. The van der Waals surface area contributed by atoms with Crippen LogP contribution < -0.4 is 0 Å². The van der Waals surface area contributed by atoms with Crippen LogP contribution in [0.3, 0.4) is 0 Å². The Morgan fingerprint density at radius 1 is 0.947 bits per heavy atom. The van der Waals surface area contributed by atoms with Crippen LogP contribution in [-0.4, -0.2) is 8.42 Å². The van der Waals surface area contributed by atoms with Crippen molar-refractivity contribution < 1.29 is 8.42 Å². The average molecular weight is 387 g/mol. The normalized spacial score (nSPS) is 12.3. The molecule has 3 nitrogen and oxygen atoms in total. The lowest BCUT2D eigenvalue weighted by Gasteiger charge is -2.00. The Morgan fingerprint density at radius 3 is 2.21 bits per heavy atom. The maximum atomic E-state index is 12.1. The zero-order chi connectivity index (χ0) is 13.9. The topological polar surface area (TPSA) is 46.5 Å². The molecule has 19 heavy (non-hydrogen) atoms. The van der Waals surface area contributed by atoms with Gasteiger partial charge in [0.2, 0.25) is 0 Å². The molecule has 0 atom stereocenters. The smallest absolute Gasteiger partial charge is 0.199 e. The van der Waals surface area contributed by atoms with Gasteiger partial charge in [0.25, 0.3) is 10.0 Å². The maximum absolute atomic E-state index is 12.1. The minimum Gasteiger partial charge on any atom is -0.199 e. The lowest BCUT2D eigenvalue weighted by Crippen LogP contribution is -1.94. The van der Waals surface area contributed by atoms with Gasteiger partial charge in [0.15, 0.2) is 0 Å². The van der Waals surface area contributed by atoms with Crippen molar-refractivity contribution in [2.24, 2.45) is 2.55 Å². The van der Waals surface area contributed by atoms with Gasteiger partial charge in [-0.2, -0.15) is 8.42 Å². The molecule has 0 aromatic heterocycles. The molecular formula is C14H14INO2S. The Morgan fingerprint density at radius 2 is 1.58 bits per heavy atom. The van der Waals surface area contributed by atoms with Gasteiger partial charge in [-0.3, -0.25) is 0 Å². The molecule has 5 heteroatoms. The molecule has 0 aliphatic rings. The molecule has 0 heterocycles. The average Bonchev–Trinajstić information content (AvgIpc) is 2.38. The zero-order valence-electron chi connectivity index (χ0n) is 10.7. The first-order valence-electron chi connectivity index (χ1n) is 5.73. The van der Waals surface area contributed by atoms with Gasteiger partial charge < -0.3 is 0 Å². The third-order valence-corrected chi connectivity index (χ3v) is 7.61. The summed E-state index contributed by atoms with van der Waals surface area (Å²) in [4.78, 5) is 0.270. The van der Waals surface area contributed by atoms with Gasteiger partial charge >= 0.3 is 0 Å². The standard InChI is InChI=1S/C14H14INO2S/c1-11-7-9-13(10-8-11)19(17,18)16-15-14-6-4-3-5-12(14)2/h3-10H,1-2H3. The van der Waals surface area contributed by atoms with Gasteiger partial charge in [-0.25, -0.2) is 0 Å². The molecule has 0 aliphatic heterocycles. The van der Waals surface area contributed by atoms with Crippen LogP contribution in [0.25, 0.3) is 0 Å². The zero-order valence-corrected chi connectivity index (χ0v) is 13.6. The summed E-state index contributed by atoms with van der Waals surface area (Å²) >= 11 is -0.881. The number of nitrogens with zero attached hydrogens (tertiary/aromatic N) is 1. The molecule has 0 fully saturated rings. The first-order chi connectivity index (χ1) is 8.99. The van der Waals surface area contributed by atoms with Crippen LogP contribution in [0.5, 0.6) is 0 Å².